The molecule has 0 aliphatic rings. The van der Waals surface area contributed by atoms with Crippen molar-refractivity contribution in [2.45, 2.75) is 47.5 Å². The van der Waals surface area contributed by atoms with Crippen molar-refractivity contribution in [2.24, 2.45) is 17.3 Å². The van der Waals surface area contributed by atoms with Crippen molar-refractivity contribution in [3.8, 4) is 0 Å². The van der Waals surface area contributed by atoms with E-state index in [2.05, 4.69) is 41.5 Å². The first-order valence-electron chi connectivity index (χ1n) is 4.75. The van der Waals surface area contributed by atoms with Crippen LogP contribution in [-0.2, 0) is 0 Å². The lowest BCUT2D eigenvalue weighted by molar-refractivity contribution is 0.182. The van der Waals surface area contributed by atoms with Crippen molar-refractivity contribution in [3.63, 3.8) is 0 Å². The summed E-state index contributed by atoms with van der Waals surface area (Å²) in [4.78, 5) is 0. The van der Waals surface area contributed by atoms with Gasteiger partial charge in [0, 0.05) is 0 Å². The van der Waals surface area contributed by atoms with Crippen LogP contribution in [0.3, 0.4) is 0 Å². The van der Waals surface area contributed by atoms with E-state index in [1.807, 2.05) is 0 Å². The predicted molar refractivity (Wildman–Crippen MR) is 52.4 cm³/mol. The molecular formula is C11H23. The first kappa shape index (κ1) is 11.0. The van der Waals surface area contributed by atoms with Crippen LogP contribution >= 0.6 is 0 Å². The molecule has 0 heteroatoms. The van der Waals surface area contributed by atoms with Gasteiger partial charge in [0.2, 0.25) is 0 Å². The summed E-state index contributed by atoms with van der Waals surface area (Å²) in [5.74, 6) is 1.36. The van der Waals surface area contributed by atoms with Gasteiger partial charge in [-0.1, -0.05) is 41.0 Å². The minimum atomic E-state index is 0.453. The Morgan fingerprint density at radius 3 is 1.82 bits per heavy atom. The second-order valence-corrected chi connectivity index (χ2v) is 4.51. The van der Waals surface area contributed by atoms with Gasteiger partial charge in [-0.25, -0.2) is 0 Å². The third-order valence-electron chi connectivity index (χ3n) is 2.87. The third-order valence-corrected chi connectivity index (χ3v) is 2.87. The fourth-order valence-corrected chi connectivity index (χ4v) is 1.63. The fraction of sp³-hybridized carbons (Fsp3) is 0.909. The second kappa shape index (κ2) is 4.13. The molecule has 0 aliphatic heterocycles. The molecular weight excluding hydrogens is 132 g/mol. The zero-order valence-electron chi connectivity index (χ0n) is 8.78. The number of hydrogen-bond acceptors (Lipinski definition) is 0. The van der Waals surface area contributed by atoms with Crippen molar-refractivity contribution >= 4 is 0 Å². The monoisotopic (exact) mass is 155 g/mol. The molecule has 0 aromatic heterocycles. The maximum atomic E-state index is 4.13. The van der Waals surface area contributed by atoms with E-state index in [0.717, 1.165) is 5.92 Å². The Balaban J connectivity index is 4.10. The lowest BCUT2D eigenvalue weighted by Gasteiger charge is -2.34. The molecule has 0 aromatic carbocycles. The molecule has 0 nitrogen and oxygen atoms in total. The van der Waals surface area contributed by atoms with Crippen LogP contribution in [0.15, 0.2) is 0 Å². The van der Waals surface area contributed by atoms with Gasteiger partial charge in [0.15, 0.2) is 0 Å². The van der Waals surface area contributed by atoms with Crippen molar-refractivity contribution in [2.75, 3.05) is 0 Å². The summed E-state index contributed by atoms with van der Waals surface area (Å²) in [6.45, 7) is 15.6. The van der Waals surface area contributed by atoms with Crippen LogP contribution in [0, 0.1) is 24.2 Å². The molecule has 0 amide bonds. The summed E-state index contributed by atoms with van der Waals surface area (Å²) >= 11 is 0. The normalized spacial score (nSPS) is 17.5. The van der Waals surface area contributed by atoms with Crippen LogP contribution < -0.4 is 0 Å². The van der Waals surface area contributed by atoms with E-state index in [9.17, 15) is 0 Å². The fourth-order valence-electron chi connectivity index (χ4n) is 1.63. The quantitative estimate of drug-likeness (QED) is 0.577. The predicted octanol–water partition coefficient (Wildman–Crippen LogP) is 3.92. The standard InChI is InChI=1S/C11H23/c1-7-11(6,10(4)5)8-9(2)3/h9-10H,4,7-8H2,1-3,5-6H3. The molecule has 0 fully saturated rings. The van der Waals surface area contributed by atoms with Gasteiger partial charge in [-0.05, 0) is 30.6 Å². The second-order valence-electron chi connectivity index (χ2n) is 4.51. The van der Waals surface area contributed by atoms with Gasteiger partial charge in [-0.15, -0.1) is 0 Å². The average molecular weight is 155 g/mol. The van der Waals surface area contributed by atoms with Gasteiger partial charge in [0.1, 0.15) is 0 Å². The molecule has 0 spiro atoms. The molecule has 0 aliphatic carbocycles. The molecule has 2 atom stereocenters. The van der Waals surface area contributed by atoms with E-state index >= 15 is 0 Å². The summed E-state index contributed by atoms with van der Waals surface area (Å²) < 4.78 is 0. The molecule has 0 heterocycles. The van der Waals surface area contributed by atoms with Crippen LogP contribution in [0.5, 0.6) is 0 Å². The molecule has 0 aromatic rings. The highest BCUT2D eigenvalue weighted by atomic mass is 14.3. The Hall–Kier alpha value is 0. The Morgan fingerprint density at radius 1 is 1.27 bits per heavy atom. The number of hydrogen-bond donors (Lipinski definition) is 0. The Kier molecular flexibility index (Phi) is 4.13. The van der Waals surface area contributed by atoms with Crippen molar-refractivity contribution in [1.29, 1.82) is 0 Å². The molecule has 0 saturated heterocycles. The summed E-state index contributed by atoms with van der Waals surface area (Å²) in [6, 6.07) is 0. The van der Waals surface area contributed by atoms with Gasteiger partial charge >= 0.3 is 0 Å². The van der Waals surface area contributed by atoms with E-state index in [-0.39, 0.29) is 0 Å². The van der Waals surface area contributed by atoms with Crippen molar-refractivity contribution in [3.05, 3.63) is 6.92 Å². The highest BCUT2D eigenvalue weighted by molar-refractivity contribution is 4.80. The molecule has 2 unspecified atom stereocenters. The maximum absolute atomic E-state index is 4.13. The summed E-state index contributed by atoms with van der Waals surface area (Å²) in [5, 5.41) is 0. The van der Waals surface area contributed by atoms with Crippen LogP contribution in [-0.4, -0.2) is 0 Å². The van der Waals surface area contributed by atoms with E-state index in [0.29, 0.717) is 11.3 Å². The highest BCUT2D eigenvalue weighted by Gasteiger charge is 2.26. The van der Waals surface area contributed by atoms with E-state index in [4.69, 9.17) is 0 Å². The Bertz CT molecular complexity index is 103. The lowest BCUT2D eigenvalue weighted by Crippen LogP contribution is -2.24. The first-order valence-corrected chi connectivity index (χ1v) is 4.75. The zero-order valence-corrected chi connectivity index (χ0v) is 8.78. The molecule has 0 rings (SSSR count). The maximum Gasteiger partial charge on any atom is -0.0300 e. The van der Waals surface area contributed by atoms with E-state index in [1.165, 1.54) is 12.8 Å². The van der Waals surface area contributed by atoms with E-state index < -0.39 is 0 Å². The summed E-state index contributed by atoms with van der Waals surface area (Å²) in [7, 11) is 0. The van der Waals surface area contributed by atoms with Crippen LogP contribution in [0.25, 0.3) is 0 Å². The summed E-state index contributed by atoms with van der Waals surface area (Å²) in [5.41, 5.74) is 0.453. The van der Waals surface area contributed by atoms with Crippen molar-refractivity contribution < 1.29 is 0 Å². The topological polar surface area (TPSA) is 0 Å². The summed E-state index contributed by atoms with van der Waals surface area (Å²) in [6.07, 6.45) is 2.55. The van der Waals surface area contributed by atoms with Crippen LogP contribution in [0.1, 0.15) is 47.5 Å². The van der Waals surface area contributed by atoms with Crippen molar-refractivity contribution in [1.82, 2.24) is 0 Å². The Labute approximate surface area is 72.4 Å². The van der Waals surface area contributed by atoms with Gasteiger partial charge in [-0.3, -0.25) is 0 Å². The molecule has 67 valence electrons. The van der Waals surface area contributed by atoms with Gasteiger partial charge in [0.25, 0.3) is 0 Å². The zero-order chi connectivity index (χ0) is 9.07. The smallest absolute Gasteiger partial charge is 0.0300 e. The minimum Gasteiger partial charge on any atom is -0.0649 e. The Morgan fingerprint density at radius 2 is 1.73 bits per heavy atom. The first-order chi connectivity index (χ1) is 4.92. The minimum absolute atomic E-state index is 0.453. The van der Waals surface area contributed by atoms with Crippen LogP contribution in [0.4, 0.5) is 0 Å². The van der Waals surface area contributed by atoms with Crippen LogP contribution in [0.2, 0.25) is 0 Å². The van der Waals surface area contributed by atoms with Gasteiger partial charge in [0.05, 0.1) is 0 Å². The lowest BCUT2D eigenvalue weighted by atomic mass is 9.71. The SMILES string of the molecule is [CH2]C(C)C(C)(CC)CC(C)C. The third kappa shape index (κ3) is 3.27. The largest absolute Gasteiger partial charge is 0.0649 e. The molecule has 0 saturated carbocycles. The average Bonchev–Trinajstić information content (AvgIpc) is 1.86. The highest BCUT2D eigenvalue weighted by Crippen LogP contribution is 2.36. The molecule has 11 heavy (non-hydrogen) atoms. The van der Waals surface area contributed by atoms with Gasteiger partial charge < -0.3 is 0 Å². The molecule has 1 radical (unpaired) electrons. The molecule has 0 N–H and O–H groups in total. The van der Waals surface area contributed by atoms with E-state index in [1.54, 1.807) is 0 Å². The molecule has 0 bridgehead atoms. The van der Waals surface area contributed by atoms with Gasteiger partial charge in [-0.2, -0.15) is 0 Å². The number of rotatable bonds is 4.